The van der Waals surface area contributed by atoms with Crippen molar-refractivity contribution in [2.45, 2.75) is 34.2 Å². The lowest BCUT2D eigenvalue weighted by Gasteiger charge is -2.30. The van der Waals surface area contributed by atoms with Gasteiger partial charge < -0.3 is 14.1 Å². The van der Waals surface area contributed by atoms with Crippen LogP contribution in [-0.4, -0.2) is 30.4 Å². The van der Waals surface area contributed by atoms with Crippen LogP contribution in [-0.2, 0) is 20.9 Å². The summed E-state index contributed by atoms with van der Waals surface area (Å²) in [5.41, 5.74) is -0.511. The van der Waals surface area contributed by atoms with Crippen LogP contribution in [0.2, 0.25) is 0 Å². The van der Waals surface area contributed by atoms with Crippen LogP contribution in [0.3, 0.4) is 0 Å². The second kappa shape index (κ2) is 6.59. The molecule has 0 saturated carbocycles. The van der Waals surface area contributed by atoms with Crippen molar-refractivity contribution < 1.29 is 18.7 Å². The molecule has 20 heavy (non-hydrogen) atoms. The summed E-state index contributed by atoms with van der Waals surface area (Å²) in [6, 6.07) is 3.59. The molecular weight excluding hydrogens is 258 g/mol. The Morgan fingerprint density at radius 3 is 2.50 bits per heavy atom. The minimum atomic E-state index is -0.511. The minimum absolute atomic E-state index is 0.0235. The van der Waals surface area contributed by atoms with Gasteiger partial charge in [0.1, 0.15) is 5.76 Å². The van der Waals surface area contributed by atoms with E-state index in [1.165, 1.54) is 7.11 Å². The van der Waals surface area contributed by atoms with Crippen molar-refractivity contribution >= 4 is 11.9 Å². The summed E-state index contributed by atoms with van der Waals surface area (Å²) < 4.78 is 10.00. The van der Waals surface area contributed by atoms with Gasteiger partial charge in [-0.05, 0) is 12.1 Å². The van der Waals surface area contributed by atoms with E-state index in [2.05, 4.69) is 0 Å². The second-order valence-corrected chi connectivity index (χ2v) is 5.94. The highest BCUT2D eigenvalue weighted by atomic mass is 16.5. The molecule has 1 rings (SSSR count). The Bertz CT molecular complexity index is 445. The molecule has 1 unspecified atom stereocenters. The summed E-state index contributed by atoms with van der Waals surface area (Å²) >= 11 is 0. The number of hydrogen-bond donors (Lipinski definition) is 0. The first-order valence-corrected chi connectivity index (χ1v) is 6.65. The highest BCUT2D eigenvalue weighted by Gasteiger charge is 2.30. The van der Waals surface area contributed by atoms with E-state index in [4.69, 9.17) is 9.15 Å². The van der Waals surface area contributed by atoms with Crippen LogP contribution in [0, 0.1) is 11.3 Å². The molecular formula is C15H23NO4. The fourth-order valence-corrected chi connectivity index (χ4v) is 1.89. The van der Waals surface area contributed by atoms with E-state index >= 15 is 0 Å². The van der Waals surface area contributed by atoms with E-state index in [1.54, 1.807) is 24.2 Å². The van der Waals surface area contributed by atoms with Crippen molar-refractivity contribution in [3.05, 3.63) is 24.2 Å². The summed E-state index contributed by atoms with van der Waals surface area (Å²) in [5, 5.41) is 0. The van der Waals surface area contributed by atoms with Crippen molar-refractivity contribution in [2.75, 3.05) is 13.7 Å². The first-order valence-electron chi connectivity index (χ1n) is 6.65. The van der Waals surface area contributed by atoms with Crippen molar-refractivity contribution in [2.24, 2.45) is 11.3 Å². The zero-order valence-electron chi connectivity index (χ0n) is 12.8. The standard InChI is InChI=1S/C15H23NO4/c1-11(13(17)19-5)9-16(14(18)15(2,3)4)10-12-7-6-8-20-12/h6-8,11H,9-10H2,1-5H3. The van der Waals surface area contributed by atoms with Gasteiger partial charge in [0.05, 0.1) is 25.8 Å². The molecule has 1 atom stereocenters. The molecule has 1 heterocycles. The maximum absolute atomic E-state index is 12.5. The smallest absolute Gasteiger partial charge is 0.310 e. The van der Waals surface area contributed by atoms with Crippen LogP contribution in [0.1, 0.15) is 33.5 Å². The SMILES string of the molecule is COC(=O)C(C)CN(Cc1ccco1)C(=O)C(C)(C)C. The van der Waals surface area contributed by atoms with Gasteiger partial charge in [0.2, 0.25) is 5.91 Å². The fourth-order valence-electron chi connectivity index (χ4n) is 1.89. The number of carbonyl (C=O) groups excluding carboxylic acids is 2. The van der Waals surface area contributed by atoms with E-state index in [0.29, 0.717) is 18.8 Å². The van der Waals surface area contributed by atoms with Gasteiger partial charge in [-0.15, -0.1) is 0 Å². The molecule has 0 spiro atoms. The van der Waals surface area contributed by atoms with Gasteiger partial charge in [0.25, 0.3) is 0 Å². The molecule has 0 aliphatic carbocycles. The molecule has 0 aliphatic heterocycles. The summed E-state index contributed by atoms with van der Waals surface area (Å²) in [7, 11) is 1.35. The summed E-state index contributed by atoms with van der Waals surface area (Å²) in [5.74, 6) is -0.0262. The van der Waals surface area contributed by atoms with Crippen LogP contribution < -0.4 is 0 Å². The number of ether oxygens (including phenoxy) is 1. The number of esters is 1. The van der Waals surface area contributed by atoms with E-state index < -0.39 is 5.41 Å². The second-order valence-electron chi connectivity index (χ2n) is 5.94. The van der Waals surface area contributed by atoms with Crippen LogP contribution in [0.25, 0.3) is 0 Å². The largest absolute Gasteiger partial charge is 0.469 e. The number of nitrogens with zero attached hydrogens (tertiary/aromatic N) is 1. The van der Waals surface area contributed by atoms with Crippen LogP contribution in [0.5, 0.6) is 0 Å². The molecule has 0 aromatic carbocycles. The average Bonchev–Trinajstić information content (AvgIpc) is 2.87. The number of amides is 1. The minimum Gasteiger partial charge on any atom is -0.469 e. The number of hydrogen-bond acceptors (Lipinski definition) is 4. The third-order valence-corrected chi connectivity index (χ3v) is 2.95. The normalized spacial score (nSPS) is 12.8. The highest BCUT2D eigenvalue weighted by molar-refractivity contribution is 5.82. The van der Waals surface area contributed by atoms with E-state index in [0.717, 1.165) is 0 Å². The third-order valence-electron chi connectivity index (χ3n) is 2.95. The van der Waals surface area contributed by atoms with Crippen molar-refractivity contribution in [3.8, 4) is 0 Å². The Morgan fingerprint density at radius 2 is 2.05 bits per heavy atom. The molecule has 0 bridgehead atoms. The first kappa shape index (κ1) is 16.3. The van der Waals surface area contributed by atoms with Gasteiger partial charge in [-0.3, -0.25) is 9.59 Å². The molecule has 5 nitrogen and oxygen atoms in total. The molecule has 1 amide bonds. The van der Waals surface area contributed by atoms with E-state index in [1.807, 2.05) is 26.8 Å². The Hall–Kier alpha value is -1.78. The highest BCUT2D eigenvalue weighted by Crippen LogP contribution is 2.20. The maximum Gasteiger partial charge on any atom is 0.310 e. The summed E-state index contributed by atoms with van der Waals surface area (Å²) in [6.45, 7) is 7.97. The quantitative estimate of drug-likeness (QED) is 0.778. The van der Waals surface area contributed by atoms with E-state index in [-0.39, 0.29) is 17.8 Å². The van der Waals surface area contributed by atoms with Crippen molar-refractivity contribution in [1.82, 2.24) is 4.90 Å². The zero-order chi connectivity index (χ0) is 15.3. The molecule has 0 N–H and O–H groups in total. The molecule has 5 heteroatoms. The number of rotatable bonds is 5. The van der Waals surface area contributed by atoms with Gasteiger partial charge in [-0.1, -0.05) is 27.7 Å². The molecule has 0 aliphatic rings. The molecule has 112 valence electrons. The Morgan fingerprint density at radius 1 is 1.40 bits per heavy atom. The Labute approximate surface area is 119 Å². The van der Waals surface area contributed by atoms with Gasteiger partial charge in [0.15, 0.2) is 0 Å². The molecule has 1 aromatic rings. The average molecular weight is 281 g/mol. The molecule has 0 radical (unpaired) electrons. The molecule has 0 saturated heterocycles. The van der Waals surface area contributed by atoms with Crippen molar-refractivity contribution in [3.63, 3.8) is 0 Å². The van der Waals surface area contributed by atoms with Crippen LogP contribution in [0.4, 0.5) is 0 Å². The molecule has 0 fully saturated rings. The van der Waals surface area contributed by atoms with Gasteiger partial charge in [-0.25, -0.2) is 0 Å². The lowest BCUT2D eigenvalue weighted by Crippen LogP contribution is -2.42. The number of carbonyl (C=O) groups is 2. The molecule has 1 aromatic heterocycles. The Kier molecular flexibility index (Phi) is 5.36. The summed E-state index contributed by atoms with van der Waals surface area (Å²) in [6.07, 6.45) is 1.57. The van der Waals surface area contributed by atoms with Gasteiger partial charge >= 0.3 is 5.97 Å². The topological polar surface area (TPSA) is 59.8 Å². The van der Waals surface area contributed by atoms with Crippen LogP contribution >= 0.6 is 0 Å². The predicted octanol–water partition coefficient (Wildman–Crippen LogP) is 2.46. The number of furan rings is 1. The van der Waals surface area contributed by atoms with Gasteiger partial charge in [-0.2, -0.15) is 0 Å². The monoisotopic (exact) mass is 281 g/mol. The van der Waals surface area contributed by atoms with Crippen LogP contribution in [0.15, 0.2) is 22.8 Å². The fraction of sp³-hybridized carbons (Fsp3) is 0.600. The first-order chi connectivity index (χ1) is 9.25. The summed E-state index contributed by atoms with van der Waals surface area (Å²) in [4.78, 5) is 25.6. The third kappa shape index (κ3) is 4.40. The lowest BCUT2D eigenvalue weighted by atomic mass is 9.94. The number of methoxy groups -OCH3 is 1. The van der Waals surface area contributed by atoms with Crippen molar-refractivity contribution in [1.29, 1.82) is 0 Å². The lowest BCUT2D eigenvalue weighted by molar-refractivity contribution is -0.148. The zero-order valence-corrected chi connectivity index (χ0v) is 12.8. The van der Waals surface area contributed by atoms with Gasteiger partial charge in [0, 0.05) is 12.0 Å². The Balaban J connectivity index is 2.84. The predicted molar refractivity (Wildman–Crippen MR) is 74.8 cm³/mol. The maximum atomic E-state index is 12.5. The van der Waals surface area contributed by atoms with E-state index in [9.17, 15) is 9.59 Å².